The Morgan fingerprint density at radius 2 is 1.81 bits per heavy atom. The van der Waals surface area contributed by atoms with Crippen LogP contribution in [0.2, 0.25) is 0 Å². The van der Waals surface area contributed by atoms with Gasteiger partial charge in [-0.25, -0.2) is 18.6 Å². The van der Waals surface area contributed by atoms with Crippen molar-refractivity contribution in [3.63, 3.8) is 0 Å². The molecule has 0 saturated carbocycles. The van der Waals surface area contributed by atoms with Crippen molar-refractivity contribution in [2.45, 2.75) is 25.7 Å². The molecule has 1 aromatic carbocycles. The summed E-state index contributed by atoms with van der Waals surface area (Å²) in [6.07, 6.45) is 1.20. The highest BCUT2D eigenvalue weighted by Crippen LogP contribution is 2.29. The number of morpholine rings is 1. The van der Waals surface area contributed by atoms with E-state index in [2.05, 4.69) is 10.3 Å². The fraction of sp³-hybridized carbons (Fsp3) is 0.476. The smallest absolute Gasteiger partial charge is 0.321 e. The average molecular weight is 434 g/mol. The molecule has 0 unspecified atom stereocenters. The number of likely N-dealkylation sites (tertiary alicyclic amines) is 1. The summed E-state index contributed by atoms with van der Waals surface area (Å²) in [4.78, 5) is 32.9. The Morgan fingerprint density at radius 1 is 1.10 bits per heavy atom. The summed E-state index contributed by atoms with van der Waals surface area (Å²) in [7, 11) is 0. The molecule has 166 valence electrons. The lowest BCUT2D eigenvalue weighted by Gasteiger charge is -2.30. The number of hydrogen-bond acceptors (Lipinski definition) is 5. The molecule has 3 amide bonds. The molecule has 8 nitrogen and oxygen atoms in total. The minimum atomic E-state index is -0.823. The van der Waals surface area contributed by atoms with Gasteiger partial charge in [0.1, 0.15) is 17.4 Å². The summed E-state index contributed by atoms with van der Waals surface area (Å²) in [5, 5.41) is 2.47. The number of oxazole rings is 1. The van der Waals surface area contributed by atoms with Gasteiger partial charge in [0.2, 0.25) is 0 Å². The van der Waals surface area contributed by atoms with Gasteiger partial charge in [0, 0.05) is 38.2 Å². The van der Waals surface area contributed by atoms with Gasteiger partial charge in [-0.15, -0.1) is 0 Å². The molecule has 10 heteroatoms. The number of nitrogens with one attached hydrogen (secondary N) is 1. The molecule has 2 fully saturated rings. The number of amides is 3. The summed E-state index contributed by atoms with van der Waals surface area (Å²) >= 11 is 0. The number of carbonyl (C=O) groups is 2. The maximum atomic E-state index is 13.8. The van der Waals surface area contributed by atoms with Gasteiger partial charge in [0.15, 0.2) is 11.6 Å². The standard InChI is InChI=1S/C21H24F2N4O4/c1-13-18(20(28)26-8-10-30-11-9-26)25-19(31-13)14-4-6-27(7-5-14)21(29)24-17-3-2-15(22)12-16(17)23/h2-3,12,14H,4-11H2,1H3,(H,24,29). The summed E-state index contributed by atoms with van der Waals surface area (Å²) in [6, 6.07) is 2.56. The van der Waals surface area contributed by atoms with E-state index in [1.54, 1.807) is 16.7 Å². The average Bonchev–Trinajstić information content (AvgIpc) is 3.17. The summed E-state index contributed by atoms with van der Waals surface area (Å²) in [6.45, 7) is 4.66. The minimum Gasteiger partial charge on any atom is -0.445 e. The number of ether oxygens (including phenoxy) is 1. The Balaban J connectivity index is 1.35. The van der Waals surface area contributed by atoms with Crippen LogP contribution < -0.4 is 5.32 Å². The van der Waals surface area contributed by atoms with E-state index in [1.807, 2.05) is 0 Å². The molecule has 2 aromatic rings. The number of rotatable bonds is 3. The van der Waals surface area contributed by atoms with E-state index in [0.29, 0.717) is 69.6 Å². The zero-order valence-electron chi connectivity index (χ0n) is 17.2. The van der Waals surface area contributed by atoms with Gasteiger partial charge in [-0.05, 0) is 31.9 Å². The van der Waals surface area contributed by atoms with Crippen molar-refractivity contribution in [2.75, 3.05) is 44.7 Å². The van der Waals surface area contributed by atoms with Crippen molar-refractivity contribution < 1.29 is 27.5 Å². The molecule has 0 spiro atoms. The number of aromatic nitrogens is 1. The van der Waals surface area contributed by atoms with Crippen molar-refractivity contribution in [2.24, 2.45) is 0 Å². The van der Waals surface area contributed by atoms with Crippen LogP contribution >= 0.6 is 0 Å². The Hall–Kier alpha value is -3.01. The quantitative estimate of drug-likeness (QED) is 0.802. The fourth-order valence-corrected chi connectivity index (χ4v) is 3.82. The maximum Gasteiger partial charge on any atom is 0.321 e. The zero-order valence-corrected chi connectivity index (χ0v) is 17.2. The number of piperidine rings is 1. The minimum absolute atomic E-state index is 0.0171. The van der Waals surface area contributed by atoms with E-state index in [1.165, 1.54) is 6.07 Å². The predicted molar refractivity (Wildman–Crippen MR) is 107 cm³/mol. The SMILES string of the molecule is Cc1oc(C2CCN(C(=O)Nc3ccc(F)cc3F)CC2)nc1C(=O)N1CCOCC1. The zero-order chi connectivity index (χ0) is 22.0. The Bertz CT molecular complexity index is 966. The van der Waals surface area contributed by atoms with E-state index < -0.39 is 17.7 Å². The molecule has 0 atom stereocenters. The van der Waals surface area contributed by atoms with Gasteiger partial charge in [-0.2, -0.15) is 0 Å². The van der Waals surface area contributed by atoms with E-state index in [9.17, 15) is 18.4 Å². The van der Waals surface area contributed by atoms with E-state index in [4.69, 9.17) is 9.15 Å². The van der Waals surface area contributed by atoms with Crippen LogP contribution in [-0.4, -0.2) is 66.1 Å². The monoisotopic (exact) mass is 434 g/mol. The molecule has 0 radical (unpaired) electrons. The third-order valence-corrected chi connectivity index (χ3v) is 5.62. The van der Waals surface area contributed by atoms with Gasteiger partial charge in [0.25, 0.3) is 5.91 Å². The highest BCUT2D eigenvalue weighted by Gasteiger charge is 2.30. The van der Waals surface area contributed by atoms with Crippen molar-refractivity contribution in [1.29, 1.82) is 0 Å². The molecule has 0 bridgehead atoms. The van der Waals surface area contributed by atoms with Crippen molar-refractivity contribution in [1.82, 2.24) is 14.8 Å². The number of benzene rings is 1. The van der Waals surface area contributed by atoms with Crippen LogP contribution in [0.1, 0.15) is 40.9 Å². The van der Waals surface area contributed by atoms with E-state index >= 15 is 0 Å². The topological polar surface area (TPSA) is 87.9 Å². The van der Waals surface area contributed by atoms with E-state index in [-0.39, 0.29) is 17.5 Å². The van der Waals surface area contributed by atoms with Gasteiger partial charge in [-0.1, -0.05) is 0 Å². The number of anilines is 1. The molecular formula is C21H24F2N4O4. The number of hydrogen-bond donors (Lipinski definition) is 1. The Morgan fingerprint density at radius 3 is 2.48 bits per heavy atom. The molecule has 2 aliphatic heterocycles. The molecule has 1 N–H and O–H groups in total. The van der Waals surface area contributed by atoms with Crippen LogP contribution in [-0.2, 0) is 4.74 Å². The maximum absolute atomic E-state index is 13.8. The second-order valence-electron chi connectivity index (χ2n) is 7.68. The van der Waals surface area contributed by atoms with Crippen LogP contribution in [0.25, 0.3) is 0 Å². The van der Waals surface area contributed by atoms with Crippen LogP contribution in [0, 0.1) is 18.6 Å². The molecule has 31 heavy (non-hydrogen) atoms. The summed E-state index contributed by atoms with van der Waals surface area (Å²) in [5.41, 5.74) is 0.256. The fourth-order valence-electron chi connectivity index (χ4n) is 3.82. The largest absolute Gasteiger partial charge is 0.445 e. The first kappa shape index (κ1) is 21.2. The van der Waals surface area contributed by atoms with Gasteiger partial charge < -0.3 is 24.3 Å². The normalized spacial score (nSPS) is 17.6. The van der Waals surface area contributed by atoms with Crippen molar-refractivity contribution in [3.05, 3.63) is 47.2 Å². The lowest BCUT2D eigenvalue weighted by atomic mass is 9.97. The lowest BCUT2D eigenvalue weighted by Crippen LogP contribution is -2.41. The molecule has 2 aliphatic rings. The van der Waals surface area contributed by atoms with Crippen LogP contribution in [0.3, 0.4) is 0 Å². The first-order chi connectivity index (χ1) is 14.9. The van der Waals surface area contributed by atoms with E-state index in [0.717, 1.165) is 12.1 Å². The second kappa shape index (κ2) is 9.01. The second-order valence-corrected chi connectivity index (χ2v) is 7.68. The van der Waals surface area contributed by atoms with Crippen LogP contribution in [0.15, 0.2) is 22.6 Å². The van der Waals surface area contributed by atoms with Crippen LogP contribution in [0.4, 0.5) is 19.3 Å². The summed E-state index contributed by atoms with van der Waals surface area (Å²) < 4.78 is 37.9. The first-order valence-electron chi connectivity index (χ1n) is 10.3. The highest BCUT2D eigenvalue weighted by atomic mass is 19.1. The number of aryl methyl sites for hydroxylation is 1. The molecular weight excluding hydrogens is 410 g/mol. The predicted octanol–water partition coefficient (Wildman–Crippen LogP) is 3.15. The highest BCUT2D eigenvalue weighted by molar-refractivity contribution is 5.93. The summed E-state index contributed by atoms with van der Waals surface area (Å²) in [5.74, 6) is -0.720. The number of halogens is 2. The third-order valence-electron chi connectivity index (χ3n) is 5.62. The van der Waals surface area contributed by atoms with Crippen molar-refractivity contribution in [3.8, 4) is 0 Å². The molecule has 0 aliphatic carbocycles. The van der Waals surface area contributed by atoms with Gasteiger partial charge in [-0.3, -0.25) is 4.79 Å². The lowest BCUT2D eigenvalue weighted by molar-refractivity contribution is 0.0298. The molecule has 4 rings (SSSR count). The first-order valence-corrected chi connectivity index (χ1v) is 10.3. The van der Waals surface area contributed by atoms with Crippen molar-refractivity contribution >= 4 is 17.6 Å². The van der Waals surface area contributed by atoms with Gasteiger partial charge >= 0.3 is 6.03 Å². The molecule has 2 saturated heterocycles. The Labute approximate surface area is 178 Å². The molecule has 3 heterocycles. The van der Waals surface area contributed by atoms with Crippen LogP contribution in [0.5, 0.6) is 0 Å². The number of nitrogens with zero attached hydrogens (tertiary/aromatic N) is 3. The molecule has 1 aromatic heterocycles. The Kier molecular flexibility index (Phi) is 6.17. The number of carbonyl (C=O) groups excluding carboxylic acids is 2. The third kappa shape index (κ3) is 4.68. The van der Waals surface area contributed by atoms with Gasteiger partial charge in [0.05, 0.1) is 18.9 Å². The number of urea groups is 1.